The molecule has 0 amide bonds. The minimum absolute atomic E-state index is 0.0696. The van der Waals surface area contributed by atoms with E-state index in [0.29, 0.717) is 30.8 Å². The monoisotopic (exact) mass is 341 g/mol. The molecule has 1 unspecified atom stereocenters. The number of aryl methyl sites for hydroxylation is 1. The van der Waals surface area contributed by atoms with E-state index in [1.54, 1.807) is 4.57 Å². The Kier molecular flexibility index (Phi) is 3.94. The number of aromatic carboxylic acids is 1. The van der Waals surface area contributed by atoms with Gasteiger partial charge in [-0.15, -0.1) is 0 Å². The molecule has 1 aliphatic heterocycles. The Morgan fingerprint density at radius 1 is 1.46 bits per heavy atom. The number of ether oxygens (including phenoxy) is 1. The zero-order valence-corrected chi connectivity index (χ0v) is 12.7. The van der Waals surface area contributed by atoms with E-state index < -0.39 is 17.7 Å². The molecule has 128 valence electrons. The van der Waals surface area contributed by atoms with Gasteiger partial charge >= 0.3 is 12.1 Å². The highest BCUT2D eigenvalue weighted by Gasteiger charge is 2.34. The molecule has 3 heterocycles. The lowest BCUT2D eigenvalue weighted by atomic mass is 9.91. The molecule has 2 aromatic heterocycles. The minimum Gasteiger partial charge on any atom is -0.481 e. The summed E-state index contributed by atoms with van der Waals surface area (Å²) < 4.78 is 45.6. The number of methoxy groups -OCH3 is 1. The van der Waals surface area contributed by atoms with Crippen molar-refractivity contribution in [3.05, 3.63) is 41.1 Å². The van der Waals surface area contributed by atoms with Gasteiger partial charge in [0.15, 0.2) is 5.69 Å². The van der Waals surface area contributed by atoms with Crippen LogP contribution in [-0.4, -0.2) is 32.7 Å². The van der Waals surface area contributed by atoms with Crippen molar-refractivity contribution in [3.8, 4) is 5.88 Å². The first-order valence-electron chi connectivity index (χ1n) is 7.20. The summed E-state index contributed by atoms with van der Waals surface area (Å²) in [6.45, 7) is 0.328. The molecule has 0 spiro atoms. The predicted octanol–water partition coefficient (Wildman–Crippen LogP) is 2.73. The van der Waals surface area contributed by atoms with Crippen LogP contribution in [0.15, 0.2) is 18.5 Å². The van der Waals surface area contributed by atoms with Gasteiger partial charge in [-0.3, -0.25) is 0 Å². The third-order valence-corrected chi connectivity index (χ3v) is 4.05. The molecule has 0 radical (unpaired) electrons. The van der Waals surface area contributed by atoms with Crippen LogP contribution in [0.5, 0.6) is 5.88 Å². The number of nitrogens with zero attached hydrogens (tertiary/aromatic N) is 3. The summed E-state index contributed by atoms with van der Waals surface area (Å²) in [6.07, 6.45) is -1.33. The Labute approximate surface area is 134 Å². The fourth-order valence-electron chi connectivity index (χ4n) is 2.89. The zero-order chi connectivity index (χ0) is 17.5. The first kappa shape index (κ1) is 16.3. The number of alkyl halides is 3. The quantitative estimate of drug-likeness (QED) is 0.929. The number of hydrogen-bond acceptors (Lipinski definition) is 4. The normalized spacial score (nSPS) is 17.4. The Hall–Kier alpha value is -2.58. The lowest BCUT2D eigenvalue weighted by Gasteiger charge is -2.25. The Morgan fingerprint density at radius 3 is 2.83 bits per heavy atom. The fraction of sp³-hybridized carbons (Fsp3) is 0.400. The molecule has 0 saturated carbocycles. The number of carbonyl (C=O) groups is 1. The van der Waals surface area contributed by atoms with E-state index in [-0.39, 0.29) is 17.5 Å². The van der Waals surface area contributed by atoms with Crippen LogP contribution in [0.3, 0.4) is 0 Å². The number of rotatable bonds is 3. The van der Waals surface area contributed by atoms with Gasteiger partial charge in [0.05, 0.1) is 12.7 Å². The van der Waals surface area contributed by atoms with Gasteiger partial charge in [-0.05, 0) is 12.5 Å². The van der Waals surface area contributed by atoms with E-state index in [1.165, 1.54) is 13.3 Å². The van der Waals surface area contributed by atoms with E-state index in [2.05, 4.69) is 9.97 Å². The molecule has 0 aliphatic carbocycles. The number of imidazole rings is 1. The molecule has 0 aromatic carbocycles. The molecule has 2 aromatic rings. The molecule has 6 nitrogen and oxygen atoms in total. The van der Waals surface area contributed by atoms with Crippen molar-refractivity contribution < 1.29 is 27.8 Å². The van der Waals surface area contributed by atoms with Crippen molar-refractivity contribution in [2.24, 2.45) is 0 Å². The SMILES string of the molecule is COc1ncc(C(F)(F)F)cc1C1CCc2nc(C(=O)O)cn2C1. The molecular weight excluding hydrogens is 327 g/mol. The molecule has 24 heavy (non-hydrogen) atoms. The largest absolute Gasteiger partial charge is 0.481 e. The van der Waals surface area contributed by atoms with Crippen LogP contribution in [0.1, 0.15) is 39.8 Å². The van der Waals surface area contributed by atoms with E-state index >= 15 is 0 Å². The molecule has 3 rings (SSSR count). The lowest BCUT2D eigenvalue weighted by molar-refractivity contribution is -0.137. The van der Waals surface area contributed by atoms with Crippen LogP contribution >= 0.6 is 0 Å². The van der Waals surface area contributed by atoms with Crippen LogP contribution in [0.2, 0.25) is 0 Å². The van der Waals surface area contributed by atoms with Crippen molar-refractivity contribution in [2.45, 2.75) is 31.5 Å². The number of fused-ring (bicyclic) bond motifs is 1. The molecular formula is C15H14F3N3O3. The third-order valence-electron chi connectivity index (χ3n) is 4.05. The van der Waals surface area contributed by atoms with E-state index in [4.69, 9.17) is 9.84 Å². The summed E-state index contributed by atoms with van der Waals surface area (Å²) in [5.41, 5.74) is -0.538. The van der Waals surface area contributed by atoms with E-state index in [0.717, 1.165) is 12.3 Å². The highest BCUT2D eigenvalue weighted by Crippen LogP contribution is 2.37. The highest BCUT2D eigenvalue weighted by atomic mass is 19.4. The summed E-state index contributed by atoms with van der Waals surface area (Å²) in [5.74, 6) is -0.637. The van der Waals surface area contributed by atoms with Crippen LogP contribution in [0.25, 0.3) is 0 Å². The molecule has 1 aliphatic rings. The van der Waals surface area contributed by atoms with Gasteiger partial charge < -0.3 is 14.4 Å². The summed E-state index contributed by atoms with van der Waals surface area (Å²) in [7, 11) is 1.35. The Bertz CT molecular complexity index is 786. The van der Waals surface area contributed by atoms with Gasteiger partial charge in [-0.1, -0.05) is 0 Å². The van der Waals surface area contributed by atoms with Crippen molar-refractivity contribution >= 4 is 5.97 Å². The topological polar surface area (TPSA) is 77.2 Å². The average molecular weight is 341 g/mol. The number of carboxylic acids is 1. The average Bonchev–Trinajstić information content (AvgIpc) is 2.96. The van der Waals surface area contributed by atoms with Gasteiger partial charge in [0.2, 0.25) is 5.88 Å². The number of halogens is 3. The number of pyridine rings is 1. The number of carboxylic acid groups (broad SMARTS) is 1. The van der Waals surface area contributed by atoms with Crippen molar-refractivity contribution in [1.29, 1.82) is 0 Å². The standard InChI is InChI=1S/C15H14F3N3O3/c1-24-13-10(4-9(5-19-13)15(16,17)18)8-2-3-12-20-11(14(22)23)7-21(12)6-8/h4-5,7-8H,2-3,6H2,1H3,(H,22,23). The maximum atomic E-state index is 12.9. The summed E-state index contributed by atoms with van der Waals surface area (Å²) in [4.78, 5) is 18.8. The fourth-order valence-corrected chi connectivity index (χ4v) is 2.89. The second-order valence-electron chi connectivity index (χ2n) is 5.56. The van der Waals surface area contributed by atoms with Crippen molar-refractivity contribution in [2.75, 3.05) is 7.11 Å². The Morgan fingerprint density at radius 2 is 2.21 bits per heavy atom. The number of aromatic nitrogens is 3. The first-order valence-corrected chi connectivity index (χ1v) is 7.20. The first-order chi connectivity index (χ1) is 11.3. The second-order valence-corrected chi connectivity index (χ2v) is 5.56. The van der Waals surface area contributed by atoms with Crippen LogP contribution in [0.4, 0.5) is 13.2 Å². The van der Waals surface area contributed by atoms with Crippen LogP contribution < -0.4 is 4.74 Å². The van der Waals surface area contributed by atoms with E-state index in [1.807, 2.05) is 0 Å². The van der Waals surface area contributed by atoms with Crippen molar-refractivity contribution in [3.63, 3.8) is 0 Å². The molecule has 0 saturated heterocycles. The summed E-state index contributed by atoms with van der Waals surface area (Å²) in [6, 6.07) is 1.05. The van der Waals surface area contributed by atoms with Gasteiger partial charge in [-0.25, -0.2) is 14.8 Å². The molecule has 1 atom stereocenters. The van der Waals surface area contributed by atoms with Gasteiger partial charge in [0, 0.05) is 36.8 Å². The maximum absolute atomic E-state index is 12.9. The smallest absolute Gasteiger partial charge is 0.417 e. The number of hydrogen-bond donors (Lipinski definition) is 1. The minimum atomic E-state index is -4.49. The molecule has 0 fully saturated rings. The lowest BCUT2D eigenvalue weighted by Crippen LogP contribution is -2.20. The summed E-state index contributed by atoms with van der Waals surface area (Å²) in [5, 5.41) is 8.99. The van der Waals surface area contributed by atoms with Gasteiger partial charge in [0.25, 0.3) is 0 Å². The highest BCUT2D eigenvalue weighted by molar-refractivity contribution is 5.85. The van der Waals surface area contributed by atoms with Gasteiger partial charge in [-0.2, -0.15) is 13.2 Å². The second kappa shape index (κ2) is 5.81. The zero-order valence-electron chi connectivity index (χ0n) is 12.7. The van der Waals surface area contributed by atoms with Crippen LogP contribution in [-0.2, 0) is 19.1 Å². The Balaban J connectivity index is 1.95. The maximum Gasteiger partial charge on any atom is 0.417 e. The molecule has 0 bridgehead atoms. The van der Waals surface area contributed by atoms with Crippen LogP contribution in [0, 0.1) is 0 Å². The predicted molar refractivity (Wildman–Crippen MR) is 76.0 cm³/mol. The van der Waals surface area contributed by atoms with Crippen molar-refractivity contribution in [1.82, 2.24) is 14.5 Å². The summed E-state index contributed by atoms with van der Waals surface area (Å²) >= 11 is 0. The van der Waals surface area contributed by atoms with E-state index in [9.17, 15) is 18.0 Å². The molecule has 9 heteroatoms. The third kappa shape index (κ3) is 2.93. The van der Waals surface area contributed by atoms with Gasteiger partial charge in [0.1, 0.15) is 5.82 Å². The molecule has 1 N–H and O–H groups in total.